The topological polar surface area (TPSA) is 46.2 Å². The van der Waals surface area contributed by atoms with Crippen LogP contribution in [0.3, 0.4) is 0 Å². The highest BCUT2D eigenvalue weighted by Crippen LogP contribution is 1.80. The number of ketones is 1. The van der Waals surface area contributed by atoms with Crippen LogP contribution in [-0.2, 0) is 9.59 Å². The van der Waals surface area contributed by atoms with Crippen LogP contribution in [0.25, 0.3) is 0 Å². The smallest absolute Gasteiger partial charge is 0.227 e. The summed E-state index contributed by atoms with van der Waals surface area (Å²) in [5.41, 5.74) is 0. The molecular weight excluding hydrogens is 150 g/mol. The quantitative estimate of drug-likeness (QED) is 0.451. The fourth-order valence-corrected chi connectivity index (χ4v) is 0.596. The summed E-state index contributed by atoms with van der Waals surface area (Å²) in [5.74, 6) is 0.266. The predicted molar refractivity (Wildman–Crippen MR) is 42.2 cm³/mol. The number of carbonyl (C=O) groups is 2. The Morgan fingerprint density at radius 1 is 1.50 bits per heavy atom. The Hall–Kier alpha value is -0.510. The first-order chi connectivity index (χ1) is 4.66. The van der Waals surface area contributed by atoms with E-state index < -0.39 is 0 Å². The highest BCUT2D eigenvalue weighted by Gasteiger charge is 2.01. The first-order valence-electron chi connectivity index (χ1n) is 3.04. The fraction of sp³-hybridized carbons (Fsp3) is 0.667. The molecule has 0 aromatic heterocycles. The molecule has 0 aliphatic carbocycles. The first-order valence-corrected chi connectivity index (χ1v) is 3.67. The minimum Gasteiger partial charge on any atom is -0.355 e. The van der Waals surface area contributed by atoms with Crippen molar-refractivity contribution >= 4 is 24.3 Å². The van der Waals surface area contributed by atoms with Crippen molar-refractivity contribution in [3.05, 3.63) is 0 Å². The first kappa shape index (κ1) is 9.49. The van der Waals surface area contributed by atoms with Crippen molar-refractivity contribution in [2.24, 2.45) is 0 Å². The van der Waals surface area contributed by atoms with Gasteiger partial charge in [-0.05, 0) is 6.92 Å². The summed E-state index contributed by atoms with van der Waals surface area (Å²) in [4.78, 5) is 21.0. The zero-order valence-electron chi connectivity index (χ0n) is 5.89. The number of nitrogens with one attached hydrogen (secondary N) is 1. The highest BCUT2D eigenvalue weighted by atomic mass is 32.1. The van der Waals surface area contributed by atoms with Gasteiger partial charge in [0.15, 0.2) is 0 Å². The van der Waals surface area contributed by atoms with Crippen molar-refractivity contribution in [1.29, 1.82) is 0 Å². The summed E-state index contributed by atoms with van der Waals surface area (Å²) in [7, 11) is 0. The average Bonchev–Trinajstić information content (AvgIpc) is 1.82. The van der Waals surface area contributed by atoms with E-state index in [-0.39, 0.29) is 18.1 Å². The Kier molecular flexibility index (Phi) is 5.02. The van der Waals surface area contributed by atoms with Gasteiger partial charge >= 0.3 is 0 Å². The molecular formula is C6H11NO2S. The van der Waals surface area contributed by atoms with Crippen molar-refractivity contribution < 1.29 is 9.59 Å². The molecule has 0 aromatic carbocycles. The molecule has 0 atom stereocenters. The second kappa shape index (κ2) is 5.29. The molecule has 0 saturated carbocycles. The number of carbonyl (C=O) groups excluding carboxylic acids is 2. The number of hydrogen-bond acceptors (Lipinski definition) is 3. The fourth-order valence-electron chi connectivity index (χ4n) is 0.484. The van der Waals surface area contributed by atoms with Crippen LogP contribution in [0, 0.1) is 0 Å². The molecule has 0 heterocycles. The van der Waals surface area contributed by atoms with E-state index in [4.69, 9.17) is 0 Å². The highest BCUT2D eigenvalue weighted by molar-refractivity contribution is 7.80. The SMILES string of the molecule is CC(=O)CC(=O)NCCS. The average molecular weight is 161 g/mol. The third-order valence-corrected chi connectivity index (χ3v) is 1.07. The van der Waals surface area contributed by atoms with Crippen molar-refractivity contribution in [3.63, 3.8) is 0 Å². The van der Waals surface area contributed by atoms with Crippen LogP contribution in [0.5, 0.6) is 0 Å². The lowest BCUT2D eigenvalue weighted by atomic mass is 10.3. The van der Waals surface area contributed by atoms with Gasteiger partial charge in [-0.2, -0.15) is 12.6 Å². The van der Waals surface area contributed by atoms with Gasteiger partial charge in [0.25, 0.3) is 0 Å². The van der Waals surface area contributed by atoms with Gasteiger partial charge in [-0.25, -0.2) is 0 Å². The van der Waals surface area contributed by atoms with E-state index in [2.05, 4.69) is 17.9 Å². The van der Waals surface area contributed by atoms with Gasteiger partial charge in [0, 0.05) is 12.3 Å². The molecule has 1 amide bonds. The molecule has 0 unspecified atom stereocenters. The molecule has 0 radical (unpaired) electrons. The van der Waals surface area contributed by atoms with Crippen molar-refractivity contribution in [2.75, 3.05) is 12.3 Å². The van der Waals surface area contributed by atoms with E-state index in [9.17, 15) is 9.59 Å². The second-order valence-corrected chi connectivity index (χ2v) is 2.40. The summed E-state index contributed by atoms with van der Waals surface area (Å²) in [6, 6.07) is 0. The minimum atomic E-state index is -0.221. The van der Waals surface area contributed by atoms with Gasteiger partial charge in [-0.1, -0.05) is 0 Å². The van der Waals surface area contributed by atoms with Gasteiger partial charge in [0.05, 0.1) is 6.42 Å². The molecule has 4 heteroatoms. The largest absolute Gasteiger partial charge is 0.355 e. The van der Waals surface area contributed by atoms with Crippen LogP contribution in [-0.4, -0.2) is 24.0 Å². The van der Waals surface area contributed by atoms with E-state index in [0.29, 0.717) is 12.3 Å². The number of Topliss-reactive ketones (excluding diaryl/α,β-unsaturated/α-hetero) is 1. The summed E-state index contributed by atoms with van der Waals surface area (Å²) in [5, 5.41) is 2.53. The van der Waals surface area contributed by atoms with E-state index in [1.54, 1.807) is 0 Å². The van der Waals surface area contributed by atoms with Crippen LogP contribution in [0.2, 0.25) is 0 Å². The molecule has 0 fully saturated rings. The standard InChI is InChI=1S/C6H11NO2S/c1-5(8)4-6(9)7-2-3-10/h10H,2-4H2,1H3,(H,7,9). The third-order valence-electron chi connectivity index (χ3n) is 0.843. The van der Waals surface area contributed by atoms with Crippen LogP contribution in [0.4, 0.5) is 0 Å². The van der Waals surface area contributed by atoms with Crippen molar-refractivity contribution in [1.82, 2.24) is 5.32 Å². The number of rotatable bonds is 4. The summed E-state index contributed by atoms with van der Waals surface area (Å²) in [6.07, 6.45) is -0.0201. The zero-order valence-corrected chi connectivity index (χ0v) is 6.78. The number of amides is 1. The van der Waals surface area contributed by atoms with Crippen LogP contribution < -0.4 is 5.32 Å². The van der Waals surface area contributed by atoms with Gasteiger partial charge in [0.1, 0.15) is 5.78 Å². The molecule has 0 aromatic rings. The minimum absolute atomic E-state index is 0.0201. The Balaban J connectivity index is 3.35. The molecule has 0 bridgehead atoms. The second-order valence-electron chi connectivity index (χ2n) is 1.95. The molecule has 1 N–H and O–H groups in total. The number of thiol groups is 1. The molecule has 3 nitrogen and oxygen atoms in total. The predicted octanol–water partition coefficient (Wildman–Crippen LogP) is 0.0115. The van der Waals surface area contributed by atoms with Crippen LogP contribution in [0.15, 0.2) is 0 Å². The monoisotopic (exact) mass is 161 g/mol. The maximum Gasteiger partial charge on any atom is 0.227 e. The van der Waals surface area contributed by atoms with Gasteiger partial charge in [-0.15, -0.1) is 0 Å². The summed E-state index contributed by atoms with van der Waals surface area (Å²) in [6.45, 7) is 1.91. The molecule has 58 valence electrons. The van der Waals surface area contributed by atoms with E-state index in [1.165, 1.54) is 6.92 Å². The van der Waals surface area contributed by atoms with E-state index in [1.807, 2.05) is 0 Å². The Morgan fingerprint density at radius 3 is 2.50 bits per heavy atom. The van der Waals surface area contributed by atoms with Crippen molar-refractivity contribution in [2.45, 2.75) is 13.3 Å². The Labute approximate surface area is 65.6 Å². The van der Waals surface area contributed by atoms with Crippen LogP contribution >= 0.6 is 12.6 Å². The lowest BCUT2D eigenvalue weighted by Crippen LogP contribution is -2.26. The van der Waals surface area contributed by atoms with E-state index >= 15 is 0 Å². The summed E-state index contributed by atoms with van der Waals surface area (Å²) >= 11 is 3.89. The molecule has 0 aliphatic heterocycles. The normalized spacial score (nSPS) is 9.00. The maximum absolute atomic E-state index is 10.6. The van der Waals surface area contributed by atoms with Crippen LogP contribution in [0.1, 0.15) is 13.3 Å². The van der Waals surface area contributed by atoms with Gasteiger partial charge in [-0.3, -0.25) is 9.59 Å². The molecule has 0 rings (SSSR count). The molecule has 10 heavy (non-hydrogen) atoms. The van der Waals surface area contributed by atoms with E-state index in [0.717, 1.165) is 0 Å². The lowest BCUT2D eigenvalue weighted by molar-refractivity contribution is -0.127. The van der Waals surface area contributed by atoms with Gasteiger partial charge in [0.2, 0.25) is 5.91 Å². The zero-order chi connectivity index (χ0) is 7.98. The van der Waals surface area contributed by atoms with Crippen molar-refractivity contribution in [3.8, 4) is 0 Å². The Morgan fingerprint density at radius 2 is 2.10 bits per heavy atom. The maximum atomic E-state index is 10.6. The summed E-state index contributed by atoms with van der Waals surface area (Å²) < 4.78 is 0. The molecule has 0 spiro atoms. The Bertz CT molecular complexity index is 136. The molecule has 0 aliphatic rings. The van der Waals surface area contributed by atoms with Gasteiger partial charge < -0.3 is 5.32 Å². The number of hydrogen-bond donors (Lipinski definition) is 2. The lowest BCUT2D eigenvalue weighted by Gasteiger charge is -1.98. The molecule has 0 saturated heterocycles. The third kappa shape index (κ3) is 5.62.